The molecule has 0 nitrogen and oxygen atoms in total. The van der Waals surface area contributed by atoms with Gasteiger partial charge in [0.15, 0.2) is 0 Å². The third-order valence-corrected chi connectivity index (χ3v) is 1.92. The second-order valence-electron chi connectivity index (χ2n) is 5.36. The van der Waals surface area contributed by atoms with Crippen molar-refractivity contribution in [2.75, 3.05) is 0 Å². The molecule has 0 atom stereocenters. The van der Waals surface area contributed by atoms with Gasteiger partial charge < -0.3 is 0 Å². The van der Waals surface area contributed by atoms with Gasteiger partial charge in [-0.2, -0.15) is 0 Å². The van der Waals surface area contributed by atoms with Crippen molar-refractivity contribution >= 4 is 0 Å². The van der Waals surface area contributed by atoms with Gasteiger partial charge in [0.2, 0.25) is 0 Å². The number of rotatable bonds is 4. The minimum Gasteiger partial charge on any atom is -0.0776 e. The first kappa shape index (κ1) is 14.5. The molecule has 0 heteroatoms. The molecule has 0 N–H and O–H groups in total. The first-order valence-corrected chi connectivity index (χ1v) is 4.83. The maximum absolute atomic E-state index is 2.38. The van der Waals surface area contributed by atoms with Gasteiger partial charge in [0, 0.05) is 0 Å². The molecule has 0 aromatic carbocycles. The van der Waals surface area contributed by atoms with Crippen LogP contribution in [0.3, 0.4) is 0 Å². The van der Waals surface area contributed by atoms with Gasteiger partial charge in [0.1, 0.15) is 0 Å². The molecule has 0 bridgehead atoms. The summed E-state index contributed by atoms with van der Waals surface area (Å²) in [6, 6.07) is 0. The molecule has 0 aliphatic carbocycles. The van der Waals surface area contributed by atoms with Crippen LogP contribution in [0.4, 0.5) is 0 Å². The van der Waals surface area contributed by atoms with Gasteiger partial charge in [0.25, 0.3) is 0 Å². The van der Waals surface area contributed by atoms with Gasteiger partial charge in [-0.25, -0.2) is 0 Å². The average molecular weight is 172 g/mol. The maximum Gasteiger partial charge on any atom is -0.0349 e. The summed E-state index contributed by atoms with van der Waals surface area (Å²) in [7, 11) is 0. The summed E-state index contributed by atoms with van der Waals surface area (Å²) in [5.41, 5.74) is 0.544. The summed E-state index contributed by atoms with van der Waals surface area (Å²) < 4.78 is 0. The van der Waals surface area contributed by atoms with Crippen LogP contribution >= 0.6 is 0 Å². The zero-order chi connectivity index (χ0) is 9.07. The molecule has 0 heterocycles. The van der Waals surface area contributed by atoms with E-state index in [2.05, 4.69) is 41.5 Å². The Kier molecular flexibility index (Phi) is 6.79. The standard InChI is InChI=1S/C11H24.CH4/c1-9(2)7-11(5,6)8-10(3)4;/h9-10H,7-8H2,1-6H3;1H4. The monoisotopic (exact) mass is 172 g/mol. The Morgan fingerprint density at radius 2 is 1.08 bits per heavy atom. The van der Waals surface area contributed by atoms with Crippen molar-refractivity contribution in [2.24, 2.45) is 17.3 Å². The van der Waals surface area contributed by atoms with E-state index in [4.69, 9.17) is 0 Å². The molecule has 0 unspecified atom stereocenters. The maximum atomic E-state index is 2.38. The largest absolute Gasteiger partial charge is 0.0776 e. The second-order valence-corrected chi connectivity index (χ2v) is 5.36. The van der Waals surface area contributed by atoms with Crippen molar-refractivity contribution in [2.45, 2.75) is 61.8 Å². The summed E-state index contributed by atoms with van der Waals surface area (Å²) >= 11 is 0. The van der Waals surface area contributed by atoms with Gasteiger partial charge >= 0.3 is 0 Å². The minimum atomic E-state index is 0. The molecule has 0 aliphatic rings. The van der Waals surface area contributed by atoms with E-state index in [1.807, 2.05) is 0 Å². The summed E-state index contributed by atoms with van der Waals surface area (Å²) in [6.45, 7) is 14.0. The lowest BCUT2D eigenvalue weighted by atomic mass is 9.78. The van der Waals surface area contributed by atoms with Crippen LogP contribution in [0.25, 0.3) is 0 Å². The third kappa shape index (κ3) is 8.10. The highest BCUT2D eigenvalue weighted by atomic mass is 14.3. The smallest absolute Gasteiger partial charge is 0.0349 e. The first-order valence-electron chi connectivity index (χ1n) is 4.83. The molecule has 76 valence electrons. The van der Waals surface area contributed by atoms with E-state index in [0.717, 1.165) is 11.8 Å². The molecule has 0 aliphatic heterocycles. The lowest BCUT2D eigenvalue weighted by molar-refractivity contribution is 0.233. The predicted molar refractivity (Wildman–Crippen MR) is 59.4 cm³/mol. The van der Waals surface area contributed by atoms with Crippen LogP contribution < -0.4 is 0 Å². The van der Waals surface area contributed by atoms with Gasteiger partial charge in [0.05, 0.1) is 0 Å². The highest BCUT2D eigenvalue weighted by Gasteiger charge is 2.20. The third-order valence-electron chi connectivity index (χ3n) is 1.92. The Balaban J connectivity index is 0. The highest BCUT2D eigenvalue weighted by molar-refractivity contribution is 4.71. The lowest BCUT2D eigenvalue weighted by Crippen LogP contribution is -2.16. The molecule has 0 saturated heterocycles. The van der Waals surface area contributed by atoms with E-state index < -0.39 is 0 Å². The van der Waals surface area contributed by atoms with Crippen molar-refractivity contribution in [3.05, 3.63) is 0 Å². The Morgan fingerprint density at radius 1 is 0.833 bits per heavy atom. The molecule has 0 aromatic heterocycles. The van der Waals surface area contributed by atoms with E-state index in [1.54, 1.807) is 0 Å². The molecule has 0 amide bonds. The summed E-state index contributed by atoms with van der Waals surface area (Å²) in [5, 5.41) is 0. The topological polar surface area (TPSA) is 0 Å². The van der Waals surface area contributed by atoms with Gasteiger partial charge in [-0.05, 0) is 30.1 Å². The van der Waals surface area contributed by atoms with Crippen LogP contribution in [-0.2, 0) is 0 Å². The highest BCUT2D eigenvalue weighted by Crippen LogP contribution is 2.31. The SMILES string of the molecule is C.CC(C)CC(C)(C)CC(C)C. The molecule has 0 fully saturated rings. The lowest BCUT2D eigenvalue weighted by Gasteiger charge is -2.28. The van der Waals surface area contributed by atoms with E-state index in [0.29, 0.717) is 5.41 Å². The summed E-state index contributed by atoms with van der Waals surface area (Å²) in [4.78, 5) is 0. The van der Waals surface area contributed by atoms with Crippen LogP contribution in [0.2, 0.25) is 0 Å². The van der Waals surface area contributed by atoms with Crippen molar-refractivity contribution < 1.29 is 0 Å². The molecule has 0 saturated carbocycles. The summed E-state index contributed by atoms with van der Waals surface area (Å²) in [6.07, 6.45) is 2.70. The molecule has 0 aromatic rings. The minimum absolute atomic E-state index is 0. The first-order chi connectivity index (χ1) is 4.83. The number of hydrogen-bond acceptors (Lipinski definition) is 0. The molecule has 0 rings (SSSR count). The Labute approximate surface area is 79.8 Å². The fourth-order valence-corrected chi connectivity index (χ4v) is 2.29. The fourth-order valence-electron chi connectivity index (χ4n) is 2.29. The Morgan fingerprint density at radius 3 is 1.25 bits per heavy atom. The van der Waals surface area contributed by atoms with E-state index in [1.165, 1.54) is 12.8 Å². The van der Waals surface area contributed by atoms with Crippen molar-refractivity contribution in [1.29, 1.82) is 0 Å². The van der Waals surface area contributed by atoms with Crippen molar-refractivity contribution in [1.82, 2.24) is 0 Å². The van der Waals surface area contributed by atoms with Crippen LogP contribution in [0.1, 0.15) is 61.8 Å². The van der Waals surface area contributed by atoms with Crippen molar-refractivity contribution in [3.8, 4) is 0 Å². The van der Waals surface area contributed by atoms with Crippen LogP contribution in [-0.4, -0.2) is 0 Å². The van der Waals surface area contributed by atoms with Gasteiger partial charge in [-0.1, -0.05) is 49.0 Å². The normalized spacial score (nSPS) is 12.0. The van der Waals surface area contributed by atoms with Crippen LogP contribution in [0.5, 0.6) is 0 Å². The van der Waals surface area contributed by atoms with Crippen molar-refractivity contribution in [3.63, 3.8) is 0 Å². The van der Waals surface area contributed by atoms with E-state index in [-0.39, 0.29) is 7.43 Å². The molecule has 12 heavy (non-hydrogen) atoms. The van der Waals surface area contributed by atoms with Gasteiger partial charge in [-0.3, -0.25) is 0 Å². The molecule has 0 radical (unpaired) electrons. The Hall–Kier alpha value is 0. The quantitative estimate of drug-likeness (QED) is 0.574. The van der Waals surface area contributed by atoms with E-state index >= 15 is 0 Å². The van der Waals surface area contributed by atoms with E-state index in [9.17, 15) is 0 Å². The Bertz CT molecular complexity index is 86.6. The second kappa shape index (κ2) is 5.61. The number of hydrogen-bond donors (Lipinski definition) is 0. The van der Waals surface area contributed by atoms with Crippen LogP contribution in [0, 0.1) is 17.3 Å². The average Bonchev–Trinajstić information content (AvgIpc) is 1.53. The molecular weight excluding hydrogens is 144 g/mol. The fraction of sp³-hybridized carbons (Fsp3) is 1.00. The zero-order valence-electron chi connectivity index (χ0n) is 9.07. The molecular formula is C12H28. The predicted octanol–water partition coefficient (Wildman–Crippen LogP) is 4.74. The zero-order valence-corrected chi connectivity index (χ0v) is 9.07. The molecule has 0 spiro atoms. The van der Waals surface area contributed by atoms with Gasteiger partial charge in [-0.15, -0.1) is 0 Å². The van der Waals surface area contributed by atoms with Crippen LogP contribution in [0.15, 0.2) is 0 Å². The summed E-state index contributed by atoms with van der Waals surface area (Å²) in [5.74, 6) is 1.67.